The summed E-state index contributed by atoms with van der Waals surface area (Å²) in [7, 11) is 0. The second kappa shape index (κ2) is 5.97. The van der Waals surface area contributed by atoms with Crippen molar-refractivity contribution < 1.29 is 28.2 Å². The molecular weight excluding hydrogens is 248 g/mol. The largest absolute Gasteiger partial charge is 0.480 e. The number of hydrogen-bond acceptors (Lipinski definition) is 3. The minimum Gasteiger partial charge on any atom is -0.480 e. The van der Waals surface area contributed by atoms with Crippen molar-refractivity contribution in [3.63, 3.8) is 0 Å². The molecule has 0 rings (SSSR count). The molecule has 7 heteroatoms. The van der Waals surface area contributed by atoms with Crippen molar-refractivity contribution in [3.8, 4) is 0 Å². The Bertz CT molecular complexity index is 313. The standard InChI is InChI=1S/C11H19F2NO4/c1-5-11(12,13)6-7(8(15)16)14-9(17)18-10(2,3)4/h7H,5-6H2,1-4H3,(H,14,17)(H,15,16). The summed E-state index contributed by atoms with van der Waals surface area (Å²) in [5.74, 6) is -4.66. The average molecular weight is 267 g/mol. The lowest BCUT2D eigenvalue weighted by Gasteiger charge is -2.23. The number of hydrogen-bond donors (Lipinski definition) is 2. The molecule has 106 valence electrons. The van der Waals surface area contributed by atoms with Gasteiger partial charge in [-0.1, -0.05) is 6.92 Å². The van der Waals surface area contributed by atoms with Gasteiger partial charge >= 0.3 is 12.1 Å². The number of rotatable bonds is 5. The van der Waals surface area contributed by atoms with Crippen molar-refractivity contribution in [1.29, 1.82) is 0 Å². The first-order chi connectivity index (χ1) is 7.97. The van der Waals surface area contributed by atoms with Crippen LogP contribution in [0.1, 0.15) is 40.5 Å². The van der Waals surface area contributed by atoms with Crippen LogP contribution in [0.4, 0.5) is 13.6 Å². The van der Waals surface area contributed by atoms with Gasteiger partial charge in [0.05, 0.1) is 0 Å². The van der Waals surface area contributed by atoms with Gasteiger partial charge in [0.1, 0.15) is 11.6 Å². The molecule has 1 atom stereocenters. The highest BCUT2D eigenvalue weighted by atomic mass is 19.3. The van der Waals surface area contributed by atoms with Gasteiger partial charge in [-0.15, -0.1) is 0 Å². The zero-order valence-electron chi connectivity index (χ0n) is 10.9. The van der Waals surface area contributed by atoms with Crippen LogP contribution in [0.15, 0.2) is 0 Å². The summed E-state index contributed by atoms with van der Waals surface area (Å²) in [5.41, 5.74) is -0.819. The Morgan fingerprint density at radius 2 is 1.83 bits per heavy atom. The highest BCUT2D eigenvalue weighted by Gasteiger charge is 2.35. The molecule has 0 aliphatic rings. The molecule has 1 amide bonds. The summed E-state index contributed by atoms with van der Waals surface area (Å²) in [6.07, 6.45) is -2.48. The van der Waals surface area contributed by atoms with Crippen LogP contribution in [0.2, 0.25) is 0 Å². The molecule has 0 aromatic heterocycles. The van der Waals surface area contributed by atoms with Gasteiger partial charge in [0.15, 0.2) is 0 Å². The molecular formula is C11H19F2NO4. The third kappa shape index (κ3) is 7.03. The number of carbonyl (C=O) groups is 2. The van der Waals surface area contributed by atoms with E-state index in [1.165, 1.54) is 6.92 Å². The number of amides is 1. The molecule has 5 nitrogen and oxygen atoms in total. The maximum atomic E-state index is 13.1. The second-order valence-electron chi connectivity index (χ2n) is 4.95. The lowest BCUT2D eigenvalue weighted by atomic mass is 10.1. The van der Waals surface area contributed by atoms with Crippen LogP contribution in [0.25, 0.3) is 0 Å². The number of aliphatic carboxylic acids is 1. The summed E-state index contributed by atoms with van der Waals surface area (Å²) in [6.45, 7) is 6.00. The molecule has 0 saturated heterocycles. The summed E-state index contributed by atoms with van der Waals surface area (Å²) in [4.78, 5) is 22.1. The van der Waals surface area contributed by atoms with Crippen LogP contribution in [-0.4, -0.2) is 34.7 Å². The number of halogens is 2. The molecule has 18 heavy (non-hydrogen) atoms. The average Bonchev–Trinajstić information content (AvgIpc) is 2.13. The minimum absolute atomic E-state index is 0.493. The maximum Gasteiger partial charge on any atom is 0.408 e. The Balaban J connectivity index is 4.56. The number of carboxylic acid groups (broad SMARTS) is 1. The molecule has 0 bridgehead atoms. The van der Waals surface area contributed by atoms with E-state index in [4.69, 9.17) is 9.84 Å². The lowest BCUT2D eigenvalue weighted by molar-refractivity contribution is -0.142. The fourth-order valence-corrected chi connectivity index (χ4v) is 1.09. The summed E-state index contributed by atoms with van der Waals surface area (Å²) in [5, 5.41) is 10.7. The molecule has 2 N–H and O–H groups in total. The Morgan fingerprint density at radius 3 is 2.17 bits per heavy atom. The van der Waals surface area contributed by atoms with E-state index >= 15 is 0 Å². The zero-order valence-corrected chi connectivity index (χ0v) is 10.9. The molecule has 0 aromatic carbocycles. The Morgan fingerprint density at radius 1 is 1.33 bits per heavy atom. The molecule has 0 aliphatic heterocycles. The molecule has 0 spiro atoms. The predicted octanol–water partition coefficient (Wildman–Crippen LogP) is 2.40. The van der Waals surface area contributed by atoms with Crippen LogP contribution in [-0.2, 0) is 9.53 Å². The predicted molar refractivity (Wildman–Crippen MR) is 60.6 cm³/mol. The summed E-state index contributed by atoms with van der Waals surface area (Å²) < 4.78 is 31.0. The smallest absolute Gasteiger partial charge is 0.408 e. The second-order valence-corrected chi connectivity index (χ2v) is 4.95. The van der Waals surface area contributed by atoms with Crippen LogP contribution in [0, 0.1) is 0 Å². The number of alkyl carbamates (subject to hydrolysis) is 1. The third-order valence-corrected chi connectivity index (χ3v) is 2.01. The first kappa shape index (κ1) is 16.6. The number of ether oxygens (including phenoxy) is 1. The van der Waals surface area contributed by atoms with E-state index < -0.39 is 42.5 Å². The summed E-state index contributed by atoms with van der Waals surface area (Å²) >= 11 is 0. The molecule has 0 heterocycles. The fraction of sp³-hybridized carbons (Fsp3) is 0.818. The lowest BCUT2D eigenvalue weighted by Crippen LogP contribution is -2.46. The van der Waals surface area contributed by atoms with E-state index in [9.17, 15) is 18.4 Å². The first-order valence-corrected chi connectivity index (χ1v) is 5.57. The van der Waals surface area contributed by atoms with Gasteiger partial charge < -0.3 is 15.2 Å². The van der Waals surface area contributed by atoms with Crippen molar-refractivity contribution in [2.24, 2.45) is 0 Å². The van der Waals surface area contributed by atoms with Crippen LogP contribution in [0.5, 0.6) is 0 Å². The van der Waals surface area contributed by atoms with Crippen LogP contribution >= 0.6 is 0 Å². The quantitative estimate of drug-likeness (QED) is 0.802. The third-order valence-electron chi connectivity index (χ3n) is 2.01. The van der Waals surface area contributed by atoms with E-state index in [0.717, 1.165) is 0 Å². The van der Waals surface area contributed by atoms with E-state index in [1.54, 1.807) is 20.8 Å². The minimum atomic E-state index is -3.14. The van der Waals surface area contributed by atoms with E-state index in [2.05, 4.69) is 0 Å². The molecule has 0 aliphatic carbocycles. The molecule has 0 radical (unpaired) electrons. The van der Waals surface area contributed by atoms with Gasteiger partial charge in [-0.2, -0.15) is 0 Å². The van der Waals surface area contributed by atoms with Gasteiger partial charge in [-0.3, -0.25) is 0 Å². The normalized spacial score (nSPS) is 13.9. The SMILES string of the molecule is CCC(F)(F)CC(NC(=O)OC(C)(C)C)C(=O)O. The van der Waals surface area contributed by atoms with Crippen LogP contribution < -0.4 is 5.32 Å². The molecule has 1 unspecified atom stereocenters. The van der Waals surface area contributed by atoms with Gasteiger partial charge in [-0.25, -0.2) is 18.4 Å². The number of nitrogens with one attached hydrogen (secondary N) is 1. The fourth-order valence-electron chi connectivity index (χ4n) is 1.09. The van der Waals surface area contributed by atoms with Crippen molar-refractivity contribution in [2.75, 3.05) is 0 Å². The Hall–Kier alpha value is -1.40. The van der Waals surface area contributed by atoms with Gasteiger partial charge in [-0.05, 0) is 20.8 Å². The number of carboxylic acids is 1. The van der Waals surface area contributed by atoms with Crippen molar-refractivity contribution >= 4 is 12.1 Å². The highest BCUT2D eigenvalue weighted by Crippen LogP contribution is 2.24. The van der Waals surface area contributed by atoms with Crippen molar-refractivity contribution in [2.45, 2.75) is 58.1 Å². The van der Waals surface area contributed by atoms with Gasteiger partial charge in [0, 0.05) is 12.8 Å². The van der Waals surface area contributed by atoms with E-state index in [0.29, 0.717) is 0 Å². The van der Waals surface area contributed by atoms with Gasteiger partial charge in [0.25, 0.3) is 0 Å². The number of alkyl halides is 2. The maximum absolute atomic E-state index is 13.1. The zero-order chi connectivity index (χ0) is 14.6. The van der Waals surface area contributed by atoms with E-state index in [1.807, 2.05) is 5.32 Å². The molecule has 0 fully saturated rings. The Kier molecular flexibility index (Phi) is 5.51. The Labute approximate surface area is 105 Å². The summed E-state index contributed by atoms with van der Waals surface area (Å²) in [6, 6.07) is -1.67. The monoisotopic (exact) mass is 267 g/mol. The van der Waals surface area contributed by atoms with E-state index in [-0.39, 0.29) is 0 Å². The molecule has 0 aromatic rings. The van der Waals surface area contributed by atoms with Crippen LogP contribution in [0.3, 0.4) is 0 Å². The van der Waals surface area contributed by atoms with Gasteiger partial charge in [0.2, 0.25) is 5.92 Å². The van der Waals surface area contributed by atoms with Crippen molar-refractivity contribution in [1.82, 2.24) is 5.32 Å². The topological polar surface area (TPSA) is 75.6 Å². The number of carbonyl (C=O) groups excluding carboxylic acids is 1. The first-order valence-electron chi connectivity index (χ1n) is 5.57. The highest BCUT2D eigenvalue weighted by molar-refractivity contribution is 5.80. The molecule has 0 saturated carbocycles. The van der Waals surface area contributed by atoms with Crippen molar-refractivity contribution in [3.05, 3.63) is 0 Å².